The van der Waals surface area contributed by atoms with E-state index in [-0.39, 0.29) is 12.1 Å². The van der Waals surface area contributed by atoms with E-state index in [0.29, 0.717) is 54.2 Å². The summed E-state index contributed by atoms with van der Waals surface area (Å²) in [6.45, 7) is 2.64. The number of anilines is 2. The number of benzene rings is 3. The fourth-order valence-electron chi connectivity index (χ4n) is 5.12. The third-order valence-corrected chi connectivity index (χ3v) is 7.32. The molecular weight excluding hydrogens is 523 g/mol. The van der Waals surface area contributed by atoms with Crippen molar-refractivity contribution < 1.29 is 23.4 Å². The number of rotatable bonds is 6. The Labute approximate surface area is 232 Å². The summed E-state index contributed by atoms with van der Waals surface area (Å²) in [6.07, 6.45) is -0.0224. The van der Waals surface area contributed by atoms with Crippen LogP contribution >= 0.6 is 11.6 Å². The van der Waals surface area contributed by atoms with Gasteiger partial charge >= 0.3 is 5.97 Å². The van der Waals surface area contributed by atoms with Crippen molar-refractivity contribution in [1.82, 2.24) is 4.90 Å². The maximum atomic E-state index is 15.2. The summed E-state index contributed by atoms with van der Waals surface area (Å²) in [5.74, 6) is 0.991. The number of hydrogen-bond donors (Lipinski definition) is 0. The normalized spacial score (nSPS) is 16.9. The SMILES string of the molecule is COC(=O)CC1c2cccc(F)c2N=C(N2CCN(c3cccc(OC)c3)CC2)N1c1cc(Cl)ccc1OC. The zero-order chi connectivity index (χ0) is 27.5. The highest BCUT2D eigenvalue weighted by atomic mass is 35.5. The van der Waals surface area contributed by atoms with Crippen molar-refractivity contribution in [1.29, 1.82) is 0 Å². The summed E-state index contributed by atoms with van der Waals surface area (Å²) in [6, 6.07) is 17.4. The number of carbonyl (C=O) groups excluding carboxylic acids is 1. The molecule has 2 heterocycles. The molecule has 204 valence electrons. The molecule has 0 saturated carbocycles. The van der Waals surface area contributed by atoms with Crippen LogP contribution in [-0.2, 0) is 9.53 Å². The highest BCUT2D eigenvalue weighted by Crippen LogP contribution is 2.45. The summed E-state index contributed by atoms with van der Waals surface area (Å²) in [4.78, 5) is 23.8. The molecule has 10 heteroatoms. The van der Waals surface area contributed by atoms with Gasteiger partial charge in [-0.1, -0.05) is 29.8 Å². The lowest BCUT2D eigenvalue weighted by atomic mass is 9.97. The van der Waals surface area contributed by atoms with Crippen molar-refractivity contribution in [2.45, 2.75) is 12.5 Å². The molecule has 0 amide bonds. The van der Waals surface area contributed by atoms with Gasteiger partial charge in [0, 0.05) is 48.5 Å². The Morgan fingerprint density at radius 1 is 0.974 bits per heavy atom. The van der Waals surface area contributed by atoms with Gasteiger partial charge in [-0.05, 0) is 36.4 Å². The lowest BCUT2D eigenvalue weighted by Crippen LogP contribution is -2.55. The van der Waals surface area contributed by atoms with Crippen LogP contribution in [0.4, 0.5) is 21.5 Å². The van der Waals surface area contributed by atoms with Crippen molar-refractivity contribution in [3.05, 3.63) is 77.1 Å². The minimum atomic E-state index is -0.598. The molecule has 0 N–H and O–H groups in total. The molecule has 1 atom stereocenters. The number of fused-ring (bicyclic) bond motifs is 1. The molecule has 0 spiro atoms. The summed E-state index contributed by atoms with van der Waals surface area (Å²) < 4.78 is 31.3. The number of para-hydroxylation sites is 1. The van der Waals surface area contributed by atoms with Gasteiger partial charge in [0.15, 0.2) is 0 Å². The van der Waals surface area contributed by atoms with Crippen LogP contribution in [0, 0.1) is 5.82 Å². The van der Waals surface area contributed by atoms with Gasteiger partial charge in [-0.2, -0.15) is 0 Å². The van der Waals surface area contributed by atoms with Crippen molar-refractivity contribution >= 4 is 40.6 Å². The van der Waals surface area contributed by atoms with E-state index in [2.05, 4.69) is 15.9 Å². The summed E-state index contributed by atoms with van der Waals surface area (Å²) >= 11 is 6.44. The van der Waals surface area contributed by atoms with E-state index in [1.807, 2.05) is 23.1 Å². The van der Waals surface area contributed by atoms with E-state index < -0.39 is 17.8 Å². The number of guanidine groups is 1. The van der Waals surface area contributed by atoms with E-state index >= 15 is 4.39 Å². The Kier molecular flexibility index (Phi) is 7.79. The zero-order valence-electron chi connectivity index (χ0n) is 22.1. The molecule has 5 rings (SSSR count). The smallest absolute Gasteiger partial charge is 0.307 e. The number of esters is 1. The molecule has 8 nitrogen and oxygen atoms in total. The molecule has 0 radical (unpaired) electrons. The average Bonchev–Trinajstić information content (AvgIpc) is 2.97. The monoisotopic (exact) mass is 552 g/mol. The molecule has 39 heavy (non-hydrogen) atoms. The van der Waals surface area contributed by atoms with Crippen LogP contribution in [0.2, 0.25) is 5.02 Å². The second-order valence-corrected chi connectivity index (χ2v) is 9.68. The lowest BCUT2D eigenvalue weighted by molar-refractivity contribution is -0.141. The zero-order valence-corrected chi connectivity index (χ0v) is 22.8. The van der Waals surface area contributed by atoms with E-state index in [1.54, 1.807) is 44.6 Å². The van der Waals surface area contributed by atoms with Crippen molar-refractivity contribution in [3.8, 4) is 11.5 Å². The Morgan fingerprint density at radius 2 is 1.72 bits per heavy atom. The number of piperazine rings is 1. The first kappa shape index (κ1) is 26.6. The molecule has 1 unspecified atom stereocenters. The second kappa shape index (κ2) is 11.4. The van der Waals surface area contributed by atoms with Gasteiger partial charge in [0.05, 0.1) is 39.5 Å². The van der Waals surface area contributed by atoms with Crippen LogP contribution in [0.1, 0.15) is 18.0 Å². The van der Waals surface area contributed by atoms with Crippen LogP contribution in [0.5, 0.6) is 11.5 Å². The van der Waals surface area contributed by atoms with E-state index in [4.69, 9.17) is 30.8 Å². The number of aliphatic imine (C=N–C) groups is 1. The number of ether oxygens (including phenoxy) is 3. The van der Waals surface area contributed by atoms with Crippen LogP contribution in [-0.4, -0.2) is 64.3 Å². The molecule has 2 aliphatic heterocycles. The number of hydrogen-bond acceptors (Lipinski definition) is 8. The Hall–Kier alpha value is -3.98. The fourth-order valence-corrected chi connectivity index (χ4v) is 5.28. The first-order valence-electron chi connectivity index (χ1n) is 12.6. The molecule has 0 bridgehead atoms. The molecular formula is C29H30ClFN4O4. The minimum Gasteiger partial charge on any atom is -0.497 e. The third-order valence-electron chi connectivity index (χ3n) is 7.09. The van der Waals surface area contributed by atoms with Crippen molar-refractivity contribution in [2.24, 2.45) is 4.99 Å². The van der Waals surface area contributed by atoms with Crippen LogP contribution in [0.25, 0.3) is 0 Å². The van der Waals surface area contributed by atoms with Gasteiger partial charge in [0.2, 0.25) is 5.96 Å². The summed E-state index contributed by atoms with van der Waals surface area (Å²) in [5, 5.41) is 0.495. The van der Waals surface area contributed by atoms with Gasteiger partial charge in [-0.3, -0.25) is 4.79 Å². The number of carbonyl (C=O) groups is 1. The van der Waals surface area contributed by atoms with Crippen molar-refractivity contribution in [3.63, 3.8) is 0 Å². The Morgan fingerprint density at radius 3 is 2.44 bits per heavy atom. The van der Waals surface area contributed by atoms with Gasteiger partial charge in [0.25, 0.3) is 0 Å². The number of halogens is 2. The molecule has 1 saturated heterocycles. The maximum Gasteiger partial charge on any atom is 0.307 e. The minimum absolute atomic E-state index is 0.0224. The largest absolute Gasteiger partial charge is 0.497 e. The van der Waals surface area contributed by atoms with Gasteiger partial charge in [0.1, 0.15) is 23.0 Å². The van der Waals surface area contributed by atoms with E-state index in [0.717, 1.165) is 11.4 Å². The van der Waals surface area contributed by atoms with E-state index in [9.17, 15) is 4.79 Å². The topological polar surface area (TPSA) is 66.8 Å². The summed E-state index contributed by atoms with van der Waals surface area (Å²) in [5.41, 5.74) is 2.49. The predicted molar refractivity (Wildman–Crippen MR) is 150 cm³/mol. The first-order valence-corrected chi connectivity index (χ1v) is 13.0. The Balaban J connectivity index is 1.57. The van der Waals surface area contributed by atoms with Gasteiger partial charge in [-0.25, -0.2) is 9.38 Å². The predicted octanol–water partition coefficient (Wildman–Crippen LogP) is 5.43. The quantitative estimate of drug-likeness (QED) is 0.378. The molecule has 2 aliphatic rings. The number of nitrogens with zero attached hydrogens (tertiary/aromatic N) is 4. The molecule has 1 fully saturated rings. The van der Waals surface area contributed by atoms with Crippen molar-refractivity contribution in [2.75, 3.05) is 57.3 Å². The fraction of sp³-hybridized carbons (Fsp3) is 0.310. The second-order valence-electron chi connectivity index (χ2n) is 9.25. The van der Waals surface area contributed by atoms with Gasteiger partial charge in [-0.15, -0.1) is 0 Å². The molecule has 0 aliphatic carbocycles. The Bertz CT molecular complexity index is 1390. The lowest BCUT2D eigenvalue weighted by Gasteiger charge is -2.45. The highest BCUT2D eigenvalue weighted by molar-refractivity contribution is 6.31. The maximum absolute atomic E-state index is 15.2. The van der Waals surface area contributed by atoms with Crippen LogP contribution in [0.15, 0.2) is 65.7 Å². The molecule has 0 aromatic heterocycles. The average molecular weight is 553 g/mol. The highest BCUT2D eigenvalue weighted by Gasteiger charge is 2.39. The molecule has 3 aromatic carbocycles. The standard InChI is InChI=1S/C29H30ClFN4O4/c1-37-21-7-4-6-20(17-21)33-12-14-34(15-13-33)29-32-28-22(8-5-9-23(28)31)24(18-27(36)39-3)35(29)25-16-19(30)10-11-26(25)38-2/h4-11,16-17,24H,12-15,18H2,1-3H3. The van der Waals surface area contributed by atoms with Crippen LogP contribution in [0.3, 0.4) is 0 Å². The molecule has 3 aromatic rings. The number of methoxy groups -OCH3 is 3. The first-order chi connectivity index (χ1) is 18.9. The third kappa shape index (κ3) is 5.31. The van der Waals surface area contributed by atoms with Crippen LogP contribution < -0.4 is 19.3 Å². The summed E-state index contributed by atoms with van der Waals surface area (Å²) in [7, 11) is 4.57. The van der Waals surface area contributed by atoms with E-state index in [1.165, 1.54) is 13.2 Å². The van der Waals surface area contributed by atoms with Gasteiger partial charge < -0.3 is 28.9 Å².